The summed E-state index contributed by atoms with van der Waals surface area (Å²) in [4.78, 5) is 30.3. The summed E-state index contributed by atoms with van der Waals surface area (Å²) in [7, 11) is 1.21. The number of nitrogens with zero attached hydrogens (tertiary/aromatic N) is 5. The smallest absolute Gasteiger partial charge is 0.416 e. The number of likely N-dealkylation sites (tertiary alicyclic amines) is 1. The molecule has 2 aliphatic heterocycles. The topological polar surface area (TPSA) is 107 Å². The van der Waals surface area contributed by atoms with Gasteiger partial charge in [-0.2, -0.15) is 18.4 Å². The third-order valence-electron chi connectivity index (χ3n) is 7.69. The second-order valence-electron chi connectivity index (χ2n) is 10.2. The first-order valence-electron chi connectivity index (χ1n) is 13.3. The summed E-state index contributed by atoms with van der Waals surface area (Å²) in [6, 6.07) is 10.8. The molecule has 0 unspecified atom stereocenters. The van der Waals surface area contributed by atoms with Crippen LogP contribution in [0.3, 0.4) is 0 Å². The van der Waals surface area contributed by atoms with E-state index in [1.165, 1.54) is 35.1 Å². The number of aromatic amines is 1. The van der Waals surface area contributed by atoms with Gasteiger partial charge in [-0.25, -0.2) is 19.3 Å². The lowest BCUT2D eigenvalue weighted by molar-refractivity contribution is -0.138. The van der Waals surface area contributed by atoms with Crippen molar-refractivity contribution in [1.82, 2.24) is 19.7 Å². The fourth-order valence-corrected chi connectivity index (χ4v) is 5.70. The first-order valence-corrected chi connectivity index (χ1v) is 13.3. The number of benzene rings is 2. The molecule has 5 rings (SSSR count). The Kier molecular flexibility index (Phi) is 7.73. The van der Waals surface area contributed by atoms with Crippen molar-refractivity contribution in [2.75, 3.05) is 31.6 Å². The number of aromatic nitrogens is 3. The van der Waals surface area contributed by atoms with E-state index in [0.29, 0.717) is 17.5 Å². The van der Waals surface area contributed by atoms with Crippen molar-refractivity contribution >= 4 is 17.6 Å². The number of alkyl halides is 3. The molecular weight excluding hydrogens is 537 g/mol. The molecule has 0 amide bonds. The third kappa shape index (κ3) is 5.37. The highest BCUT2D eigenvalue weighted by Gasteiger charge is 2.41. The van der Waals surface area contributed by atoms with Crippen molar-refractivity contribution in [3.05, 3.63) is 86.5 Å². The zero-order valence-corrected chi connectivity index (χ0v) is 22.7. The minimum Gasteiger partial charge on any atom is -0.466 e. The highest BCUT2D eigenvalue weighted by molar-refractivity contribution is 5.93. The predicted octanol–water partition coefficient (Wildman–Crippen LogP) is 4.68. The van der Waals surface area contributed by atoms with Crippen LogP contribution in [0.5, 0.6) is 0 Å². The van der Waals surface area contributed by atoms with Crippen LogP contribution in [0.2, 0.25) is 0 Å². The Hall–Kier alpha value is -4.37. The molecular formula is C29H29F3N6O3. The molecule has 41 heavy (non-hydrogen) atoms. The highest BCUT2D eigenvalue weighted by atomic mass is 19.4. The van der Waals surface area contributed by atoms with Crippen molar-refractivity contribution in [1.29, 1.82) is 5.26 Å². The molecule has 0 saturated carbocycles. The molecule has 1 aromatic heterocycles. The number of ether oxygens (including phenoxy) is 1. The summed E-state index contributed by atoms with van der Waals surface area (Å²) >= 11 is 0. The van der Waals surface area contributed by atoms with Gasteiger partial charge < -0.3 is 9.64 Å². The second-order valence-corrected chi connectivity index (χ2v) is 10.2. The van der Waals surface area contributed by atoms with Crippen LogP contribution in [0.1, 0.15) is 54.5 Å². The van der Waals surface area contributed by atoms with Gasteiger partial charge in [0.1, 0.15) is 6.04 Å². The molecule has 2 aromatic carbocycles. The summed E-state index contributed by atoms with van der Waals surface area (Å²) in [5.74, 6) is -0.717. The number of piperidine rings is 1. The van der Waals surface area contributed by atoms with Crippen LogP contribution in [0.25, 0.3) is 0 Å². The number of carbonyl (C=O) groups excluding carboxylic acids is 1. The number of allylic oxidation sites excluding steroid dienone is 1. The van der Waals surface area contributed by atoms with Crippen molar-refractivity contribution in [2.45, 2.75) is 44.8 Å². The lowest BCUT2D eigenvalue weighted by Gasteiger charge is -2.36. The van der Waals surface area contributed by atoms with Gasteiger partial charge in [-0.05, 0) is 80.7 Å². The van der Waals surface area contributed by atoms with Crippen molar-refractivity contribution in [3.63, 3.8) is 0 Å². The number of nitriles is 1. The van der Waals surface area contributed by atoms with E-state index in [9.17, 15) is 28.0 Å². The molecule has 3 heterocycles. The van der Waals surface area contributed by atoms with E-state index in [1.807, 2.05) is 0 Å². The van der Waals surface area contributed by atoms with Crippen LogP contribution in [0, 0.1) is 11.3 Å². The van der Waals surface area contributed by atoms with Gasteiger partial charge in [-0.3, -0.25) is 4.90 Å². The quantitative estimate of drug-likeness (QED) is 0.432. The van der Waals surface area contributed by atoms with Gasteiger partial charge >= 0.3 is 17.8 Å². The van der Waals surface area contributed by atoms with E-state index in [1.54, 1.807) is 25.1 Å². The number of H-pyrrole nitrogens is 1. The molecule has 1 N–H and O–H groups in total. The van der Waals surface area contributed by atoms with Crippen LogP contribution in [-0.2, 0) is 22.1 Å². The molecule has 1 saturated heterocycles. The molecule has 12 heteroatoms. The van der Waals surface area contributed by atoms with E-state index in [-0.39, 0.29) is 22.9 Å². The maximum Gasteiger partial charge on any atom is 0.416 e. The summed E-state index contributed by atoms with van der Waals surface area (Å²) in [5.41, 5.74) is 0.688. The van der Waals surface area contributed by atoms with Gasteiger partial charge in [0.15, 0.2) is 0 Å². The number of anilines is 2. The predicted molar refractivity (Wildman–Crippen MR) is 144 cm³/mol. The Morgan fingerprint density at radius 3 is 2.61 bits per heavy atom. The average Bonchev–Trinajstić information content (AvgIpc) is 3.35. The molecule has 1 fully saturated rings. The standard InChI is InChI=1S/C29H29F3N6O3/c1-18-24(26(39)41-2)25(23-10-9-19(17-33)15-20(23)11-14-36-12-4-3-5-13-36)38-27(34-35-28(38)40)37(18)22-8-6-7-21(16-22)29(30,31)32/h6-10,15-16,25H,3-5,11-14H2,1-2H3,(H,35,40)/t25-/m1/s1. The number of rotatable bonds is 6. The Bertz CT molecular complexity index is 1590. The lowest BCUT2D eigenvalue weighted by atomic mass is 9.89. The van der Waals surface area contributed by atoms with E-state index in [0.717, 1.165) is 50.2 Å². The zero-order valence-electron chi connectivity index (χ0n) is 22.7. The fourth-order valence-electron chi connectivity index (χ4n) is 5.70. The van der Waals surface area contributed by atoms with E-state index < -0.39 is 29.4 Å². The molecule has 0 spiro atoms. The van der Waals surface area contributed by atoms with E-state index in [2.05, 4.69) is 21.2 Å². The van der Waals surface area contributed by atoms with Gasteiger partial charge in [0, 0.05) is 17.9 Å². The van der Waals surface area contributed by atoms with Crippen LogP contribution in [0.15, 0.2) is 58.5 Å². The summed E-state index contributed by atoms with van der Waals surface area (Å²) in [6.07, 6.45) is -0.625. The normalized spacial score (nSPS) is 17.8. The Labute approximate surface area is 234 Å². The molecule has 3 aromatic rings. The first kappa shape index (κ1) is 28.2. The third-order valence-corrected chi connectivity index (χ3v) is 7.69. The molecule has 9 nitrogen and oxygen atoms in total. The maximum atomic E-state index is 13.6. The molecule has 2 aliphatic rings. The van der Waals surface area contributed by atoms with E-state index in [4.69, 9.17) is 4.74 Å². The number of methoxy groups -OCH3 is 1. The molecule has 214 valence electrons. The maximum absolute atomic E-state index is 13.6. The number of fused-ring (bicyclic) bond motifs is 1. The van der Waals surface area contributed by atoms with Crippen molar-refractivity contribution in [2.24, 2.45) is 0 Å². The molecule has 0 aliphatic carbocycles. The summed E-state index contributed by atoms with van der Waals surface area (Å²) < 4.78 is 47.1. The Morgan fingerprint density at radius 1 is 1.17 bits per heavy atom. The van der Waals surface area contributed by atoms with Crippen molar-refractivity contribution in [3.8, 4) is 6.07 Å². The van der Waals surface area contributed by atoms with Gasteiger partial charge in [-0.1, -0.05) is 18.6 Å². The zero-order chi connectivity index (χ0) is 29.3. The average molecular weight is 567 g/mol. The second kappa shape index (κ2) is 11.2. The minimum atomic E-state index is -4.60. The van der Waals surface area contributed by atoms with Gasteiger partial charge in [-0.15, -0.1) is 5.10 Å². The fraction of sp³-hybridized carbons (Fsp3) is 0.379. The molecule has 0 bridgehead atoms. The number of esters is 1. The largest absolute Gasteiger partial charge is 0.466 e. The van der Waals surface area contributed by atoms with Crippen LogP contribution in [0.4, 0.5) is 24.8 Å². The van der Waals surface area contributed by atoms with E-state index >= 15 is 0 Å². The molecule has 1 atom stereocenters. The van der Waals surface area contributed by atoms with Gasteiger partial charge in [0.2, 0.25) is 5.95 Å². The van der Waals surface area contributed by atoms with Crippen molar-refractivity contribution < 1.29 is 22.7 Å². The Balaban J connectivity index is 1.68. The number of hydrogen-bond acceptors (Lipinski definition) is 7. The van der Waals surface area contributed by atoms with Crippen LogP contribution in [-0.4, -0.2) is 52.4 Å². The van der Waals surface area contributed by atoms with Gasteiger partial charge in [0.05, 0.1) is 29.9 Å². The SMILES string of the molecule is COC(=O)C1=C(C)N(c2cccc(C(F)(F)F)c2)c2n[nH]c(=O)n2[C@@H]1c1ccc(C#N)cc1CCN1CCCCC1. The van der Waals surface area contributed by atoms with Crippen LogP contribution >= 0.6 is 0 Å². The summed E-state index contributed by atoms with van der Waals surface area (Å²) in [5, 5.41) is 16.2. The number of nitrogens with one attached hydrogen (secondary N) is 1. The molecule has 0 radical (unpaired) electrons. The van der Waals surface area contributed by atoms with Gasteiger partial charge in [0.25, 0.3) is 0 Å². The van der Waals surface area contributed by atoms with Crippen LogP contribution < -0.4 is 10.6 Å². The number of hydrogen-bond donors (Lipinski definition) is 1. The first-order chi connectivity index (χ1) is 19.6. The lowest BCUT2D eigenvalue weighted by Crippen LogP contribution is -2.38. The summed E-state index contributed by atoms with van der Waals surface area (Å²) in [6.45, 7) is 4.26. The monoisotopic (exact) mass is 566 g/mol. The number of halogens is 3. The minimum absolute atomic E-state index is 0.0239. The highest BCUT2D eigenvalue weighted by Crippen LogP contribution is 2.43. The Morgan fingerprint density at radius 2 is 1.93 bits per heavy atom. The number of carbonyl (C=O) groups is 1.